The first-order valence-corrected chi connectivity index (χ1v) is 6.30. The van der Waals surface area contributed by atoms with Crippen LogP contribution in [0.3, 0.4) is 0 Å². The van der Waals surface area contributed by atoms with Gasteiger partial charge in [0.25, 0.3) is 0 Å². The summed E-state index contributed by atoms with van der Waals surface area (Å²) in [5, 5.41) is 0. The van der Waals surface area contributed by atoms with Crippen LogP contribution in [0.5, 0.6) is 0 Å². The van der Waals surface area contributed by atoms with Gasteiger partial charge < -0.3 is 4.74 Å². The highest BCUT2D eigenvalue weighted by atomic mass is 19.4. The van der Waals surface area contributed by atoms with E-state index in [4.69, 9.17) is 0 Å². The highest BCUT2D eigenvalue weighted by Gasteiger charge is 2.37. The van der Waals surface area contributed by atoms with Gasteiger partial charge in [0, 0.05) is 17.8 Å². The van der Waals surface area contributed by atoms with Crippen molar-refractivity contribution in [3.8, 4) is 11.3 Å². The first-order valence-electron chi connectivity index (χ1n) is 6.30. The van der Waals surface area contributed by atoms with Crippen molar-refractivity contribution in [1.29, 1.82) is 0 Å². The third kappa shape index (κ3) is 3.82. The molecule has 122 valence electrons. The molecular weight excluding hydrogens is 321 g/mol. The SMILES string of the molecule is COC(=O)Cc1ccnc(-c2cc(F)cc(F)c2)c1C(F)(F)F. The number of methoxy groups -OCH3 is 1. The van der Waals surface area contributed by atoms with E-state index in [1.54, 1.807) is 0 Å². The number of nitrogens with zero attached hydrogens (tertiary/aromatic N) is 1. The van der Waals surface area contributed by atoms with Gasteiger partial charge in [-0.05, 0) is 23.8 Å². The molecule has 2 rings (SSSR count). The number of alkyl halides is 3. The minimum absolute atomic E-state index is 0.374. The fourth-order valence-electron chi connectivity index (χ4n) is 2.10. The number of aromatic nitrogens is 1. The molecule has 0 spiro atoms. The molecule has 0 radical (unpaired) electrons. The standard InChI is InChI=1S/C15H10F5NO2/c1-23-12(22)6-8-2-3-21-14(13(8)15(18,19)20)9-4-10(16)7-11(17)5-9/h2-5,7H,6H2,1H3. The topological polar surface area (TPSA) is 39.2 Å². The van der Waals surface area contributed by atoms with Crippen LogP contribution in [0.15, 0.2) is 30.5 Å². The van der Waals surface area contributed by atoms with E-state index >= 15 is 0 Å². The van der Waals surface area contributed by atoms with E-state index < -0.39 is 41.5 Å². The number of hydrogen-bond acceptors (Lipinski definition) is 3. The second kappa shape index (κ2) is 6.31. The molecule has 0 saturated carbocycles. The van der Waals surface area contributed by atoms with Gasteiger partial charge in [0.05, 0.1) is 24.8 Å². The average molecular weight is 331 g/mol. The quantitative estimate of drug-likeness (QED) is 0.635. The highest BCUT2D eigenvalue weighted by molar-refractivity contribution is 5.75. The van der Waals surface area contributed by atoms with Crippen LogP contribution in [0.4, 0.5) is 22.0 Å². The fraction of sp³-hybridized carbons (Fsp3) is 0.200. The van der Waals surface area contributed by atoms with Crippen molar-refractivity contribution >= 4 is 5.97 Å². The average Bonchev–Trinajstić information content (AvgIpc) is 2.44. The number of carbonyl (C=O) groups excluding carboxylic acids is 1. The first-order chi connectivity index (χ1) is 10.7. The smallest absolute Gasteiger partial charge is 0.418 e. The zero-order chi connectivity index (χ0) is 17.2. The summed E-state index contributed by atoms with van der Waals surface area (Å²) in [5.74, 6) is -2.94. The second-order valence-electron chi connectivity index (χ2n) is 4.60. The molecule has 1 heterocycles. The molecule has 1 aromatic carbocycles. The molecule has 1 aromatic heterocycles. The summed E-state index contributed by atoms with van der Waals surface area (Å²) >= 11 is 0. The normalized spacial score (nSPS) is 11.4. The van der Waals surface area contributed by atoms with E-state index in [2.05, 4.69) is 9.72 Å². The maximum Gasteiger partial charge on any atom is 0.418 e. The van der Waals surface area contributed by atoms with Gasteiger partial charge in [-0.15, -0.1) is 0 Å². The number of benzene rings is 1. The molecule has 0 bridgehead atoms. The molecule has 0 aliphatic carbocycles. The second-order valence-corrected chi connectivity index (χ2v) is 4.60. The Morgan fingerprint density at radius 1 is 1.17 bits per heavy atom. The van der Waals surface area contributed by atoms with Gasteiger partial charge in [0.2, 0.25) is 0 Å². The molecule has 23 heavy (non-hydrogen) atoms. The minimum Gasteiger partial charge on any atom is -0.469 e. The lowest BCUT2D eigenvalue weighted by molar-refractivity contribution is -0.141. The number of rotatable bonds is 3. The Morgan fingerprint density at radius 3 is 2.30 bits per heavy atom. The lowest BCUT2D eigenvalue weighted by Crippen LogP contribution is -2.16. The summed E-state index contributed by atoms with van der Waals surface area (Å²) in [7, 11) is 1.04. The summed E-state index contributed by atoms with van der Waals surface area (Å²) in [4.78, 5) is 14.9. The van der Waals surface area contributed by atoms with Crippen molar-refractivity contribution in [2.24, 2.45) is 0 Å². The summed E-state index contributed by atoms with van der Waals surface area (Å²) in [6.07, 6.45) is -4.47. The van der Waals surface area contributed by atoms with Crippen LogP contribution in [-0.2, 0) is 22.1 Å². The summed E-state index contributed by atoms with van der Waals surface area (Å²) in [6, 6.07) is 3.03. The Bertz CT molecular complexity index is 723. The van der Waals surface area contributed by atoms with Gasteiger partial charge >= 0.3 is 12.1 Å². The molecule has 0 amide bonds. The van der Waals surface area contributed by atoms with Crippen molar-refractivity contribution in [2.75, 3.05) is 7.11 Å². The Balaban J connectivity index is 2.68. The number of pyridine rings is 1. The molecule has 0 unspecified atom stereocenters. The molecular formula is C15H10F5NO2. The monoisotopic (exact) mass is 331 g/mol. The summed E-state index contributed by atoms with van der Waals surface area (Å²) in [5.41, 5.74) is -2.65. The number of esters is 1. The molecule has 0 aliphatic rings. The zero-order valence-corrected chi connectivity index (χ0v) is 11.7. The van der Waals surface area contributed by atoms with Crippen LogP contribution < -0.4 is 0 Å². The molecule has 2 aromatic rings. The van der Waals surface area contributed by atoms with E-state index in [1.165, 1.54) is 0 Å². The van der Waals surface area contributed by atoms with Gasteiger partial charge in [-0.2, -0.15) is 13.2 Å². The van der Waals surface area contributed by atoms with Gasteiger partial charge in [0.15, 0.2) is 0 Å². The Labute approximate surface area is 127 Å². The van der Waals surface area contributed by atoms with E-state index in [-0.39, 0.29) is 11.1 Å². The molecule has 3 nitrogen and oxygen atoms in total. The number of halogens is 5. The predicted molar refractivity (Wildman–Crippen MR) is 70.3 cm³/mol. The van der Waals surface area contributed by atoms with Crippen molar-refractivity contribution in [2.45, 2.75) is 12.6 Å². The predicted octanol–water partition coefficient (Wildman–Crippen LogP) is 3.76. The van der Waals surface area contributed by atoms with E-state index in [1.807, 2.05) is 0 Å². The molecule has 0 fully saturated rings. The van der Waals surface area contributed by atoms with Gasteiger partial charge in [-0.3, -0.25) is 9.78 Å². The van der Waals surface area contributed by atoms with E-state index in [9.17, 15) is 26.7 Å². The number of hydrogen-bond donors (Lipinski definition) is 0. The van der Waals surface area contributed by atoms with Crippen LogP contribution in [-0.4, -0.2) is 18.1 Å². The lowest BCUT2D eigenvalue weighted by Gasteiger charge is -2.16. The number of carbonyl (C=O) groups is 1. The lowest BCUT2D eigenvalue weighted by atomic mass is 9.98. The Morgan fingerprint density at radius 2 is 1.78 bits per heavy atom. The summed E-state index contributed by atoms with van der Waals surface area (Å²) < 4.78 is 71.0. The third-order valence-corrected chi connectivity index (χ3v) is 3.02. The van der Waals surface area contributed by atoms with Crippen molar-refractivity contribution in [3.63, 3.8) is 0 Å². The zero-order valence-electron chi connectivity index (χ0n) is 11.7. The molecule has 0 aliphatic heterocycles. The summed E-state index contributed by atoms with van der Waals surface area (Å²) in [6.45, 7) is 0. The van der Waals surface area contributed by atoms with E-state index in [0.29, 0.717) is 6.07 Å². The third-order valence-electron chi connectivity index (χ3n) is 3.02. The molecule has 8 heteroatoms. The Kier molecular flexibility index (Phi) is 4.63. The van der Waals surface area contributed by atoms with Gasteiger partial charge in [-0.25, -0.2) is 8.78 Å². The van der Waals surface area contributed by atoms with Gasteiger partial charge in [-0.1, -0.05) is 0 Å². The maximum atomic E-state index is 13.4. The van der Waals surface area contributed by atoms with E-state index in [0.717, 1.165) is 31.5 Å². The van der Waals surface area contributed by atoms with Crippen molar-refractivity contribution in [3.05, 3.63) is 53.2 Å². The van der Waals surface area contributed by atoms with Crippen LogP contribution in [0.2, 0.25) is 0 Å². The van der Waals surface area contributed by atoms with Gasteiger partial charge in [0.1, 0.15) is 11.6 Å². The number of ether oxygens (including phenoxy) is 1. The Hall–Kier alpha value is -2.51. The molecule has 0 N–H and O–H groups in total. The largest absolute Gasteiger partial charge is 0.469 e. The molecule has 0 atom stereocenters. The van der Waals surface area contributed by atoms with Crippen LogP contribution in [0.1, 0.15) is 11.1 Å². The van der Waals surface area contributed by atoms with Crippen LogP contribution in [0.25, 0.3) is 11.3 Å². The molecule has 0 saturated heterocycles. The highest BCUT2D eigenvalue weighted by Crippen LogP contribution is 2.38. The van der Waals surface area contributed by atoms with Crippen LogP contribution >= 0.6 is 0 Å². The fourth-order valence-corrected chi connectivity index (χ4v) is 2.10. The van der Waals surface area contributed by atoms with Crippen molar-refractivity contribution < 1.29 is 31.5 Å². The minimum atomic E-state index is -4.87. The maximum absolute atomic E-state index is 13.4. The first kappa shape index (κ1) is 16.9. The van der Waals surface area contributed by atoms with Crippen molar-refractivity contribution in [1.82, 2.24) is 4.98 Å². The van der Waals surface area contributed by atoms with Crippen LogP contribution in [0, 0.1) is 11.6 Å².